The molecule has 0 unspecified atom stereocenters. The van der Waals surface area contributed by atoms with Crippen LogP contribution < -0.4 is 15.0 Å². The van der Waals surface area contributed by atoms with E-state index in [1.807, 2.05) is 0 Å². The Labute approximate surface area is 192 Å². The van der Waals surface area contributed by atoms with E-state index in [1.165, 1.54) is 11.8 Å². The number of morpholine rings is 1. The topological polar surface area (TPSA) is 90.7 Å². The molecule has 0 radical (unpaired) electrons. The first-order valence-corrected chi connectivity index (χ1v) is 11.6. The van der Waals surface area contributed by atoms with Gasteiger partial charge < -0.3 is 24.6 Å². The molecule has 0 saturated carbocycles. The second-order valence-electron chi connectivity index (χ2n) is 7.84. The van der Waals surface area contributed by atoms with Gasteiger partial charge in [0.05, 0.1) is 31.6 Å². The number of nitrogens with one attached hydrogen (secondary N) is 1. The van der Waals surface area contributed by atoms with Gasteiger partial charge in [-0.3, -0.25) is 4.79 Å². The number of ether oxygens (including phenoxy) is 2. The van der Waals surface area contributed by atoms with Crippen LogP contribution in [-0.2, 0) is 22.5 Å². The van der Waals surface area contributed by atoms with E-state index in [2.05, 4.69) is 28.2 Å². The van der Waals surface area contributed by atoms with Crippen LogP contribution in [0, 0.1) is 11.3 Å². The van der Waals surface area contributed by atoms with E-state index in [-0.39, 0.29) is 11.7 Å². The van der Waals surface area contributed by atoms with Gasteiger partial charge in [-0.05, 0) is 43.3 Å². The Balaban J connectivity index is 1.55. The number of nitrogens with zero attached hydrogens (tertiary/aromatic N) is 4. The van der Waals surface area contributed by atoms with Gasteiger partial charge in [0.15, 0.2) is 0 Å². The number of rotatable bonds is 6. The van der Waals surface area contributed by atoms with Crippen LogP contribution in [0.1, 0.15) is 16.7 Å². The average molecular weight is 454 g/mol. The maximum Gasteiger partial charge on any atom is 0.234 e. The second-order valence-corrected chi connectivity index (χ2v) is 8.80. The number of hydrogen-bond acceptors (Lipinski definition) is 8. The van der Waals surface area contributed by atoms with Crippen molar-refractivity contribution >= 4 is 29.2 Å². The van der Waals surface area contributed by atoms with Gasteiger partial charge in [0.25, 0.3) is 0 Å². The van der Waals surface area contributed by atoms with Crippen LogP contribution in [0.2, 0.25) is 0 Å². The third-order valence-electron chi connectivity index (χ3n) is 5.67. The van der Waals surface area contributed by atoms with Crippen molar-refractivity contribution in [3.05, 3.63) is 41.0 Å². The number of hydrogen-bond donors (Lipinski definition) is 1. The zero-order valence-electron chi connectivity index (χ0n) is 18.4. The number of amides is 1. The number of carbonyl (C=O) groups is 1. The van der Waals surface area contributed by atoms with Crippen molar-refractivity contribution in [2.75, 3.05) is 63.0 Å². The molecule has 1 aromatic carbocycles. The Morgan fingerprint density at radius 1 is 1.25 bits per heavy atom. The summed E-state index contributed by atoms with van der Waals surface area (Å²) in [5.41, 5.74) is 3.50. The monoisotopic (exact) mass is 453 g/mol. The van der Waals surface area contributed by atoms with Crippen molar-refractivity contribution in [2.24, 2.45) is 0 Å². The molecule has 8 nitrogen and oxygen atoms in total. The number of aromatic nitrogens is 1. The molecular weight excluding hydrogens is 426 g/mol. The summed E-state index contributed by atoms with van der Waals surface area (Å²) in [4.78, 5) is 21.9. The molecule has 0 spiro atoms. The van der Waals surface area contributed by atoms with Gasteiger partial charge in [0, 0.05) is 37.4 Å². The van der Waals surface area contributed by atoms with E-state index in [1.54, 1.807) is 31.4 Å². The van der Waals surface area contributed by atoms with Gasteiger partial charge >= 0.3 is 0 Å². The Morgan fingerprint density at radius 2 is 2.00 bits per heavy atom. The summed E-state index contributed by atoms with van der Waals surface area (Å²) in [5.74, 6) is 1.69. The van der Waals surface area contributed by atoms with Crippen LogP contribution in [-0.4, -0.2) is 68.5 Å². The fourth-order valence-electron chi connectivity index (χ4n) is 3.99. The number of thioether (sulfide) groups is 1. The number of anilines is 2. The first kappa shape index (κ1) is 22.4. The molecule has 9 heteroatoms. The minimum Gasteiger partial charge on any atom is -0.497 e. The van der Waals surface area contributed by atoms with Gasteiger partial charge in [-0.15, -0.1) is 0 Å². The van der Waals surface area contributed by atoms with E-state index >= 15 is 0 Å². The maximum atomic E-state index is 12.6. The number of pyridine rings is 1. The zero-order chi connectivity index (χ0) is 22.5. The molecule has 2 aliphatic rings. The number of nitriles is 1. The standard InChI is InChI=1S/C23H27N5O3S/c1-27-8-7-18-19(13-24)23(26-22(20(18)14-27)28-9-11-31-12-10-28)32-15-21(29)25-16-3-5-17(30-2)6-4-16/h3-6H,7-12,14-15H2,1-2H3,(H,25,29). The highest BCUT2D eigenvalue weighted by Crippen LogP contribution is 2.35. The number of carbonyl (C=O) groups excluding carboxylic acids is 1. The lowest BCUT2D eigenvalue weighted by molar-refractivity contribution is -0.113. The first-order chi connectivity index (χ1) is 15.6. The van der Waals surface area contributed by atoms with Crippen LogP contribution in [0.25, 0.3) is 0 Å². The lowest BCUT2D eigenvalue weighted by Gasteiger charge is -2.34. The van der Waals surface area contributed by atoms with E-state index < -0.39 is 0 Å². The summed E-state index contributed by atoms with van der Waals surface area (Å²) >= 11 is 1.32. The van der Waals surface area contributed by atoms with Crippen molar-refractivity contribution < 1.29 is 14.3 Å². The lowest BCUT2D eigenvalue weighted by Crippen LogP contribution is -2.39. The summed E-state index contributed by atoms with van der Waals surface area (Å²) in [6.45, 7) is 4.55. The molecule has 2 aliphatic heterocycles. The number of likely N-dealkylation sites (N-methyl/N-ethyl adjacent to an activating group) is 1. The molecule has 0 atom stereocenters. The third kappa shape index (κ3) is 4.99. The van der Waals surface area contributed by atoms with Crippen LogP contribution >= 0.6 is 11.8 Å². The van der Waals surface area contributed by atoms with Gasteiger partial charge in [-0.2, -0.15) is 5.26 Å². The largest absolute Gasteiger partial charge is 0.497 e. The Kier molecular flexibility index (Phi) is 7.15. The molecule has 3 heterocycles. The molecule has 0 bridgehead atoms. The third-order valence-corrected chi connectivity index (χ3v) is 6.64. The van der Waals surface area contributed by atoms with E-state index in [0.717, 1.165) is 55.3 Å². The summed E-state index contributed by atoms with van der Waals surface area (Å²) in [7, 11) is 3.69. The predicted molar refractivity (Wildman–Crippen MR) is 124 cm³/mol. The van der Waals surface area contributed by atoms with Crippen molar-refractivity contribution in [2.45, 2.75) is 18.0 Å². The van der Waals surface area contributed by atoms with Crippen molar-refractivity contribution in [3.8, 4) is 11.8 Å². The van der Waals surface area contributed by atoms with Crippen molar-refractivity contribution in [1.82, 2.24) is 9.88 Å². The smallest absolute Gasteiger partial charge is 0.234 e. The summed E-state index contributed by atoms with van der Waals surface area (Å²) < 4.78 is 10.7. The van der Waals surface area contributed by atoms with Crippen LogP contribution in [0.5, 0.6) is 5.75 Å². The average Bonchev–Trinajstić information content (AvgIpc) is 2.83. The minimum absolute atomic E-state index is 0.142. The zero-order valence-corrected chi connectivity index (χ0v) is 19.2. The Morgan fingerprint density at radius 3 is 2.69 bits per heavy atom. The molecule has 32 heavy (non-hydrogen) atoms. The highest BCUT2D eigenvalue weighted by Gasteiger charge is 2.28. The number of methoxy groups -OCH3 is 1. The van der Waals surface area contributed by atoms with Gasteiger partial charge in [0.2, 0.25) is 5.91 Å². The van der Waals surface area contributed by atoms with E-state index in [9.17, 15) is 10.1 Å². The fraction of sp³-hybridized carbons (Fsp3) is 0.435. The van der Waals surface area contributed by atoms with E-state index in [4.69, 9.17) is 14.5 Å². The van der Waals surface area contributed by atoms with Gasteiger partial charge in [-0.1, -0.05) is 11.8 Å². The quantitative estimate of drug-likeness (QED) is 0.668. The molecule has 0 aliphatic carbocycles. The number of benzene rings is 1. The molecule has 1 aromatic heterocycles. The highest BCUT2D eigenvalue weighted by atomic mass is 32.2. The molecule has 4 rings (SSSR count). The van der Waals surface area contributed by atoms with Crippen LogP contribution in [0.15, 0.2) is 29.3 Å². The predicted octanol–water partition coefficient (Wildman–Crippen LogP) is 2.52. The highest BCUT2D eigenvalue weighted by molar-refractivity contribution is 8.00. The molecule has 1 N–H and O–H groups in total. The lowest BCUT2D eigenvalue weighted by atomic mass is 9.96. The molecule has 1 amide bonds. The SMILES string of the molecule is COc1ccc(NC(=O)CSc2nc(N3CCOCC3)c3c(c2C#N)CCN(C)C3)cc1. The first-order valence-electron chi connectivity index (χ1n) is 10.6. The summed E-state index contributed by atoms with van der Waals surface area (Å²) in [6, 6.07) is 9.56. The minimum atomic E-state index is -0.142. The summed E-state index contributed by atoms with van der Waals surface area (Å²) in [5, 5.41) is 13.4. The normalized spacial score (nSPS) is 16.2. The van der Waals surface area contributed by atoms with Gasteiger partial charge in [-0.25, -0.2) is 4.98 Å². The molecular formula is C23H27N5O3S. The van der Waals surface area contributed by atoms with Crippen molar-refractivity contribution in [3.63, 3.8) is 0 Å². The van der Waals surface area contributed by atoms with E-state index in [0.29, 0.717) is 29.5 Å². The van der Waals surface area contributed by atoms with Crippen LogP contribution in [0.3, 0.4) is 0 Å². The second kappa shape index (κ2) is 10.2. The van der Waals surface area contributed by atoms with Crippen molar-refractivity contribution in [1.29, 1.82) is 5.26 Å². The fourth-order valence-corrected chi connectivity index (χ4v) is 4.79. The molecule has 2 aromatic rings. The maximum absolute atomic E-state index is 12.6. The van der Waals surface area contributed by atoms with Crippen LogP contribution in [0.4, 0.5) is 11.5 Å². The summed E-state index contributed by atoms with van der Waals surface area (Å²) in [6.07, 6.45) is 0.806. The van der Waals surface area contributed by atoms with Gasteiger partial charge in [0.1, 0.15) is 22.7 Å². The molecule has 168 valence electrons. The molecule has 1 saturated heterocycles. The Bertz CT molecular complexity index is 1020. The molecule has 1 fully saturated rings. The number of fused-ring (bicyclic) bond motifs is 1. The Hall–Kier alpha value is -2.80.